The third-order valence-corrected chi connectivity index (χ3v) is 4.43. The van der Waals surface area contributed by atoms with Crippen molar-refractivity contribution in [3.63, 3.8) is 0 Å². The van der Waals surface area contributed by atoms with Crippen molar-refractivity contribution in [2.75, 3.05) is 19.6 Å². The van der Waals surface area contributed by atoms with Gasteiger partial charge >= 0.3 is 0 Å². The average molecular weight is 396 g/mol. The monoisotopic (exact) mass is 395 g/mol. The second kappa shape index (κ2) is 9.53. The first-order valence-electron chi connectivity index (χ1n) is 8.44. The molecule has 27 heavy (non-hydrogen) atoms. The first-order chi connectivity index (χ1) is 12.6. The van der Waals surface area contributed by atoms with Gasteiger partial charge in [0, 0.05) is 50.9 Å². The number of hydrogen-bond donors (Lipinski definition) is 1. The van der Waals surface area contributed by atoms with E-state index in [0.717, 1.165) is 17.7 Å². The lowest BCUT2D eigenvalue weighted by Gasteiger charge is -2.36. The number of halogens is 3. The topological polar surface area (TPSA) is 62.3 Å². The fourth-order valence-electron chi connectivity index (χ4n) is 3.09. The van der Waals surface area contributed by atoms with Gasteiger partial charge in [0.15, 0.2) is 5.78 Å². The molecule has 1 saturated heterocycles. The number of piperazine rings is 1. The third kappa shape index (κ3) is 5.08. The van der Waals surface area contributed by atoms with E-state index in [1.54, 1.807) is 17.3 Å². The largest absolute Gasteiger partial charge is 0.333 e. The number of benzene rings is 1. The Labute approximate surface area is 162 Å². The van der Waals surface area contributed by atoms with Crippen molar-refractivity contribution in [2.24, 2.45) is 0 Å². The van der Waals surface area contributed by atoms with E-state index in [0.29, 0.717) is 25.7 Å². The molecule has 0 radical (unpaired) electrons. The van der Waals surface area contributed by atoms with E-state index in [1.165, 1.54) is 0 Å². The molecule has 1 amide bonds. The number of rotatable bonds is 5. The Bertz CT molecular complexity index is 805. The number of Topliss-reactive ketones (excluding diaryl/α,β-unsaturated/α-hetero) is 1. The van der Waals surface area contributed by atoms with Crippen molar-refractivity contribution in [1.82, 2.24) is 15.2 Å². The number of carbonyl (C=O) groups is 2. The molecule has 1 N–H and O–H groups in total. The van der Waals surface area contributed by atoms with Gasteiger partial charge in [0.25, 0.3) is 0 Å². The zero-order valence-corrected chi connectivity index (χ0v) is 15.3. The quantitative estimate of drug-likeness (QED) is 0.791. The van der Waals surface area contributed by atoms with Gasteiger partial charge < -0.3 is 10.2 Å². The molecule has 1 aromatic carbocycles. The summed E-state index contributed by atoms with van der Waals surface area (Å²) in [6.45, 7) is 1.80. The van der Waals surface area contributed by atoms with Crippen molar-refractivity contribution >= 4 is 24.1 Å². The first-order valence-corrected chi connectivity index (χ1v) is 8.44. The summed E-state index contributed by atoms with van der Waals surface area (Å²) in [5, 5.41) is 3.25. The molecule has 5 nitrogen and oxygen atoms in total. The normalized spacial score (nSPS) is 16.5. The Balaban J connectivity index is 0.00000261. The molecule has 2 heterocycles. The highest BCUT2D eigenvalue weighted by Crippen LogP contribution is 2.23. The van der Waals surface area contributed by atoms with E-state index in [4.69, 9.17) is 0 Å². The SMILES string of the molecule is Cl.O=C(CCC(=O)N1CCNCC1c1cccnc1)c1ccc(F)cc1F. The van der Waals surface area contributed by atoms with Crippen LogP contribution in [0.25, 0.3) is 0 Å². The molecular weight excluding hydrogens is 376 g/mol. The number of nitrogens with zero attached hydrogens (tertiary/aromatic N) is 2. The van der Waals surface area contributed by atoms with Gasteiger partial charge in [-0.05, 0) is 23.8 Å². The van der Waals surface area contributed by atoms with Crippen LogP contribution in [0.5, 0.6) is 0 Å². The van der Waals surface area contributed by atoms with Crippen LogP contribution in [0.1, 0.15) is 34.8 Å². The van der Waals surface area contributed by atoms with Crippen molar-refractivity contribution in [2.45, 2.75) is 18.9 Å². The Morgan fingerprint density at radius 3 is 2.74 bits per heavy atom. The minimum absolute atomic E-state index is 0. The Kier molecular flexibility index (Phi) is 7.38. The second-order valence-electron chi connectivity index (χ2n) is 6.14. The van der Waals surface area contributed by atoms with E-state index < -0.39 is 17.4 Å². The van der Waals surface area contributed by atoms with Gasteiger partial charge in [-0.1, -0.05) is 6.07 Å². The van der Waals surface area contributed by atoms with Crippen LogP contribution in [0.15, 0.2) is 42.7 Å². The number of hydrogen-bond acceptors (Lipinski definition) is 4. The van der Waals surface area contributed by atoms with Crippen LogP contribution >= 0.6 is 12.4 Å². The minimum atomic E-state index is -0.905. The van der Waals surface area contributed by atoms with Crippen molar-refractivity contribution < 1.29 is 18.4 Å². The number of nitrogens with one attached hydrogen (secondary N) is 1. The lowest BCUT2D eigenvalue weighted by atomic mass is 10.0. The molecule has 0 spiro atoms. The van der Waals surface area contributed by atoms with Gasteiger partial charge in [0.05, 0.1) is 11.6 Å². The molecule has 0 aliphatic carbocycles. The molecule has 2 aromatic rings. The standard InChI is InChI=1S/C19H19F2N3O2.ClH/c20-14-3-4-15(16(21)10-14)18(25)5-6-19(26)24-9-8-23-12-17(24)13-2-1-7-22-11-13;/h1-4,7,10-11,17,23H,5-6,8-9,12H2;1H. The number of aromatic nitrogens is 1. The van der Waals surface area contributed by atoms with Crippen LogP contribution in [0, 0.1) is 11.6 Å². The lowest BCUT2D eigenvalue weighted by molar-refractivity contribution is -0.134. The second-order valence-corrected chi connectivity index (χ2v) is 6.14. The van der Waals surface area contributed by atoms with Gasteiger partial charge in [-0.3, -0.25) is 14.6 Å². The summed E-state index contributed by atoms with van der Waals surface area (Å²) in [5.74, 6) is -2.33. The van der Waals surface area contributed by atoms with E-state index in [2.05, 4.69) is 10.3 Å². The molecule has 3 rings (SSSR count). The summed E-state index contributed by atoms with van der Waals surface area (Å²) in [6.07, 6.45) is 3.25. The van der Waals surface area contributed by atoms with Crippen LogP contribution in [0.3, 0.4) is 0 Å². The summed E-state index contributed by atoms with van der Waals surface area (Å²) < 4.78 is 26.6. The van der Waals surface area contributed by atoms with Crippen LogP contribution in [0.2, 0.25) is 0 Å². The molecule has 1 atom stereocenters. The van der Waals surface area contributed by atoms with E-state index in [9.17, 15) is 18.4 Å². The van der Waals surface area contributed by atoms with E-state index in [-0.39, 0.29) is 42.8 Å². The predicted molar refractivity (Wildman–Crippen MR) is 98.7 cm³/mol. The maximum atomic E-state index is 13.7. The highest BCUT2D eigenvalue weighted by molar-refractivity contribution is 5.98. The summed E-state index contributed by atoms with van der Waals surface area (Å²) in [5.41, 5.74) is 0.729. The zero-order chi connectivity index (χ0) is 18.5. The molecule has 1 unspecified atom stereocenters. The molecule has 8 heteroatoms. The van der Waals surface area contributed by atoms with E-state index in [1.807, 2.05) is 12.1 Å². The fourth-order valence-corrected chi connectivity index (χ4v) is 3.09. The fraction of sp³-hybridized carbons (Fsp3) is 0.316. The van der Waals surface area contributed by atoms with Crippen LogP contribution in [-0.4, -0.2) is 41.2 Å². The number of carbonyl (C=O) groups excluding carboxylic acids is 2. The molecular formula is C19H20ClF2N3O2. The zero-order valence-electron chi connectivity index (χ0n) is 14.5. The summed E-state index contributed by atoms with van der Waals surface area (Å²) in [7, 11) is 0. The van der Waals surface area contributed by atoms with Gasteiger partial charge in [0.1, 0.15) is 11.6 Å². The molecule has 0 bridgehead atoms. The Hall–Kier alpha value is -2.38. The Morgan fingerprint density at radius 2 is 2.04 bits per heavy atom. The van der Waals surface area contributed by atoms with E-state index >= 15 is 0 Å². The lowest BCUT2D eigenvalue weighted by Crippen LogP contribution is -2.48. The van der Waals surface area contributed by atoms with Crippen molar-refractivity contribution in [3.8, 4) is 0 Å². The maximum absolute atomic E-state index is 13.7. The number of amides is 1. The van der Waals surface area contributed by atoms with Gasteiger partial charge in [-0.2, -0.15) is 0 Å². The smallest absolute Gasteiger partial charge is 0.223 e. The molecule has 1 aliphatic rings. The summed E-state index contributed by atoms with van der Waals surface area (Å²) in [6, 6.07) is 6.39. The summed E-state index contributed by atoms with van der Waals surface area (Å²) in [4.78, 5) is 30.6. The maximum Gasteiger partial charge on any atom is 0.223 e. The highest BCUT2D eigenvalue weighted by Gasteiger charge is 2.28. The number of pyridine rings is 1. The predicted octanol–water partition coefficient (Wildman–Crippen LogP) is 2.92. The molecule has 1 fully saturated rings. The van der Waals surface area contributed by atoms with Crippen LogP contribution < -0.4 is 5.32 Å². The van der Waals surface area contributed by atoms with Crippen LogP contribution in [0.4, 0.5) is 8.78 Å². The number of ketones is 1. The summed E-state index contributed by atoms with van der Waals surface area (Å²) >= 11 is 0. The first kappa shape index (κ1) is 20.9. The Morgan fingerprint density at radius 1 is 1.22 bits per heavy atom. The highest BCUT2D eigenvalue weighted by atomic mass is 35.5. The molecule has 144 valence electrons. The van der Waals surface area contributed by atoms with Crippen LogP contribution in [-0.2, 0) is 4.79 Å². The third-order valence-electron chi connectivity index (χ3n) is 4.43. The van der Waals surface area contributed by atoms with Gasteiger partial charge in [-0.25, -0.2) is 8.78 Å². The minimum Gasteiger partial charge on any atom is -0.333 e. The van der Waals surface area contributed by atoms with Crippen molar-refractivity contribution in [3.05, 3.63) is 65.5 Å². The molecule has 1 aliphatic heterocycles. The van der Waals surface area contributed by atoms with Gasteiger partial charge in [0.2, 0.25) is 5.91 Å². The molecule has 0 saturated carbocycles. The molecule has 1 aromatic heterocycles. The van der Waals surface area contributed by atoms with Gasteiger partial charge in [-0.15, -0.1) is 12.4 Å². The van der Waals surface area contributed by atoms with Crippen molar-refractivity contribution in [1.29, 1.82) is 0 Å². The average Bonchev–Trinajstić information content (AvgIpc) is 2.66.